The highest BCUT2D eigenvalue weighted by Gasteiger charge is 2.44. The average Bonchev–Trinajstić information content (AvgIpc) is 3.62. The van der Waals surface area contributed by atoms with E-state index in [1.54, 1.807) is 17.9 Å². The van der Waals surface area contributed by atoms with Crippen molar-refractivity contribution in [3.05, 3.63) is 95.2 Å². The molecule has 6 nitrogen and oxygen atoms in total. The van der Waals surface area contributed by atoms with E-state index >= 15 is 0 Å². The smallest absolute Gasteiger partial charge is 0.413 e. The number of nitrogens with zero attached hydrogens (tertiary/aromatic N) is 2. The molecule has 0 unspecified atom stereocenters. The SMILES string of the molecule is C[C@@H](OC(=O)Nc1c(C#Cc2ccc3cc(C4(C=O)CC4)ccc3c2)cnn1C)c1ccccc1. The maximum absolute atomic E-state index is 12.5. The number of fused-ring (bicyclic) bond motifs is 1. The van der Waals surface area contributed by atoms with Crippen LogP contribution < -0.4 is 5.32 Å². The summed E-state index contributed by atoms with van der Waals surface area (Å²) in [4.78, 5) is 24.0. The fourth-order valence-corrected chi connectivity index (χ4v) is 4.14. The minimum Gasteiger partial charge on any atom is -0.441 e. The second-order valence-corrected chi connectivity index (χ2v) is 8.91. The Morgan fingerprint density at radius 3 is 2.57 bits per heavy atom. The summed E-state index contributed by atoms with van der Waals surface area (Å²) in [5.74, 6) is 6.74. The Bertz CT molecular complexity index is 1470. The molecule has 0 radical (unpaired) electrons. The lowest BCUT2D eigenvalue weighted by molar-refractivity contribution is -0.109. The molecule has 1 heterocycles. The number of ether oxygens (including phenoxy) is 1. The lowest BCUT2D eigenvalue weighted by Crippen LogP contribution is -2.18. The molecule has 1 atom stereocenters. The number of hydrogen-bond donors (Lipinski definition) is 1. The molecule has 0 bridgehead atoms. The molecular formula is C29H25N3O3. The van der Waals surface area contributed by atoms with Crippen LogP contribution in [0.3, 0.4) is 0 Å². The van der Waals surface area contributed by atoms with E-state index < -0.39 is 12.2 Å². The van der Waals surface area contributed by atoms with Crippen molar-refractivity contribution in [2.45, 2.75) is 31.3 Å². The van der Waals surface area contributed by atoms with Crippen LogP contribution in [0.2, 0.25) is 0 Å². The van der Waals surface area contributed by atoms with Gasteiger partial charge in [-0.15, -0.1) is 0 Å². The molecule has 174 valence electrons. The fraction of sp³-hybridized carbons (Fsp3) is 0.207. The van der Waals surface area contributed by atoms with Crippen molar-refractivity contribution in [3.63, 3.8) is 0 Å². The number of rotatable bonds is 5. The molecule has 1 amide bonds. The molecular weight excluding hydrogens is 438 g/mol. The molecule has 1 fully saturated rings. The predicted molar refractivity (Wildman–Crippen MR) is 135 cm³/mol. The highest BCUT2D eigenvalue weighted by Crippen LogP contribution is 2.46. The van der Waals surface area contributed by atoms with Gasteiger partial charge < -0.3 is 9.53 Å². The fourth-order valence-electron chi connectivity index (χ4n) is 4.14. The van der Waals surface area contributed by atoms with E-state index in [0.717, 1.165) is 46.6 Å². The lowest BCUT2D eigenvalue weighted by Gasteiger charge is -2.14. The zero-order valence-electron chi connectivity index (χ0n) is 19.6. The van der Waals surface area contributed by atoms with Crippen molar-refractivity contribution < 1.29 is 14.3 Å². The van der Waals surface area contributed by atoms with E-state index in [0.29, 0.717) is 11.4 Å². The largest absolute Gasteiger partial charge is 0.441 e. The Hall–Kier alpha value is -4.37. The van der Waals surface area contributed by atoms with Crippen LogP contribution in [-0.4, -0.2) is 22.2 Å². The van der Waals surface area contributed by atoms with Gasteiger partial charge in [-0.25, -0.2) is 4.79 Å². The van der Waals surface area contributed by atoms with Gasteiger partial charge in [0.05, 0.1) is 17.2 Å². The first kappa shape index (κ1) is 22.4. The summed E-state index contributed by atoms with van der Waals surface area (Å²) in [7, 11) is 1.74. The van der Waals surface area contributed by atoms with Gasteiger partial charge in [-0.1, -0.05) is 66.4 Å². The van der Waals surface area contributed by atoms with E-state index in [9.17, 15) is 9.59 Å². The third-order valence-corrected chi connectivity index (χ3v) is 6.48. The van der Waals surface area contributed by atoms with Gasteiger partial charge in [0.15, 0.2) is 0 Å². The molecule has 1 aliphatic rings. The first-order chi connectivity index (χ1) is 17.0. The van der Waals surface area contributed by atoms with Crippen LogP contribution in [-0.2, 0) is 22.0 Å². The molecule has 5 rings (SSSR count). The van der Waals surface area contributed by atoms with E-state index in [-0.39, 0.29) is 5.41 Å². The van der Waals surface area contributed by atoms with Crippen molar-refractivity contribution in [2.24, 2.45) is 7.05 Å². The Kier molecular flexibility index (Phi) is 5.84. The minimum absolute atomic E-state index is 0.281. The molecule has 6 heteroatoms. The van der Waals surface area contributed by atoms with Gasteiger partial charge in [-0.2, -0.15) is 5.10 Å². The monoisotopic (exact) mass is 463 g/mol. The highest BCUT2D eigenvalue weighted by molar-refractivity contribution is 5.87. The highest BCUT2D eigenvalue weighted by atomic mass is 16.6. The van der Waals surface area contributed by atoms with Crippen molar-refractivity contribution in [1.82, 2.24) is 9.78 Å². The summed E-state index contributed by atoms with van der Waals surface area (Å²) in [5, 5.41) is 9.14. The van der Waals surface area contributed by atoms with Crippen molar-refractivity contribution in [2.75, 3.05) is 5.32 Å². The van der Waals surface area contributed by atoms with Gasteiger partial charge in [0, 0.05) is 12.6 Å². The van der Waals surface area contributed by atoms with Crippen LogP contribution in [0.25, 0.3) is 10.8 Å². The summed E-state index contributed by atoms with van der Waals surface area (Å²) in [6.07, 6.45) is 3.57. The molecule has 0 saturated heterocycles. The Morgan fingerprint density at radius 1 is 1.09 bits per heavy atom. The predicted octanol–water partition coefficient (Wildman–Crippen LogP) is 5.51. The van der Waals surface area contributed by atoms with E-state index in [4.69, 9.17) is 4.74 Å². The lowest BCUT2D eigenvalue weighted by atomic mass is 9.94. The van der Waals surface area contributed by atoms with Gasteiger partial charge in [0.25, 0.3) is 0 Å². The zero-order valence-corrected chi connectivity index (χ0v) is 19.6. The summed E-state index contributed by atoms with van der Waals surface area (Å²) in [6.45, 7) is 1.82. The first-order valence-electron chi connectivity index (χ1n) is 11.5. The number of amides is 1. The number of carbonyl (C=O) groups excluding carboxylic acids is 2. The minimum atomic E-state index is -0.571. The van der Waals surface area contributed by atoms with Gasteiger partial charge in [0.2, 0.25) is 0 Å². The molecule has 1 aromatic heterocycles. The summed E-state index contributed by atoms with van der Waals surface area (Å²) < 4.78 is 7.07. The molecule has 4 aromatic rings. The number of carbonyl (C=O) groups is 2. The molecule has 0 aliphatic heterocycles. The third-order valence-electron chi connectivity index (χ3n) is 6.48. The second-order valence-electron chi connectivity index (χ2n) is 8.91. The first-order valence-corrected chi connectivity index (χ1v) is 11.5. The number of anilines is 1. The summed E-state index contributed by atoms with van der Waals surface area (Å²) in [6, 6.07) is 21.7. The van der Waals surface area contributed by atoms with Gasteiger partial charge in [0.1, 0.15) is 18.2 Å². The molecule has 1 N–H and O–H groups in total. The van der Waals surface area contributed by atoms with Crippen LogP contribution in [0.5, 0.6) is 0 Å². The summed E-state index contributed by atoms with van der Waals surface area (Å²) in [5.41, 5.74) is 3.15. The Morgan fingerprint density at radius 2 is 1.83 bits per heavy atom. The second kappa shape index (κ2) is 9.11. The Balaban J connectivity index is 1.32. The summed E-state index contributed by atoms with van der Waals surface area (Å²) >= 11 is 0. The normalized spacial score (nSPS) is 14.5. The number of aromatic nitrogens is 2. The maximum atomic E-state index is 12.5. The number of hydrogen-bond acceptors (Lipinski definition) is 4. The standard InChI is InChI=1S/C29H25N3O3/c1-20(22-6-4-3-5-7-22)35-28(34)31-27-25(18-30-32(27)2)11-9-21-8-10-24-17-26(13-12-23(24)16-21)29(19-33)14-15-29/h3-8,10,12-13,16-20H,14-15H2,1-2H3,(H,31,34)/t20-/m1/s1. The maximum Gasteiger partial charge on any atom is 0.413 e. The Labute approximate surface area is 203 Å². The van der Waals surface area contributed by atoms with Gasteiger partial charge in [-0.05, 0) is 53.8 Å². The van der Waals surface area contributed by atoms with E-state index in [1.165, 1.54) is 0 Å². The average molecular weight is 464 g/mol. The number of benzene rings is 3. The van der Waals surface area contributed by atoms with Crippen LogP contribution >= 0.6 is 0 Å². The number of aryl methyl sites for hydroxylation is 1. The molecule has 3 aromatic carbocycles. The van der Waals surface area contributed by atoms with Crippen molar-refractivity contribution >= 4 is 29.0 Å². The van der Waals surface area contributed by atoms with Crippen molar-refractivity contribution in [1.29, 1.82) is 0 Å². The molecule has 1 saturated carbocycles. The number of nitrogens with one attached hydrogen (secondary N) is 1. The van der Waals surface area contributed by atoms with Crippen LogP contribution in [0, 0.1) is 11.8 Å². The molecule has 0 spiro atoms. The van der Waals surface area contributed by atoms with Gasteiger partial charge >= 0.3 is 6.09 Å². The van der Waals surface area contributed by atoms with Crippen LogP contribution in [0.15, 0.2) is 72.9 Å². The van der Waals surface area contributed by atoms with Gasteiger partial charge in [-0.3, -0.25) is 10.00 Å². The van der Waals surface area contributed by atoms with Crippen molar-refractivity contribution in [3.8, 4) is 11.8 Å². The zero-order chi connectivity index (χ0) is 24.4. The number of aldehydes is 1. The van der Waals surface area contributed by atoms with E-state index in [2.05, 4.69) is 28.3 Å². The molecule has 35 heavy (non-hydrogen) atoms. The van der Waals surface area contributed by atoms with E-state index in [1.807, 2.05) is 67.6 Å². The topological polar surface area (TPSA) is 73.2 Å². The molecule has 1 aliphatic carbocycles. The quantitative estimate of drug-likeness (QED) is 0.313. The van der Waals surface area contributed by atoms with Crippen LogP contribution in [0.1, 0.15) is 48.1 Å². The third kappa shape index (κ3) is 4.67. The van der Waals surface area contributed by atoms with Crippen LogP contribution in [0.4, 0.5) is 10.6 Å².